The Balaban J connectivity index is 1.79. The van der Waals surface area contributed by atoms with E-state index in [1.165, 1.54) is 12.1 Å². The van der Waals surface area contributed by atoms with E-state index in [1.807, 2.05) is 38.1 Å². The number of amides is 2. The summed E-state index contributed by atoms with van der Waals surface area (Å²) < 4.78 is 18.5. The normalized spacial score (nSPS) is 10.8. The van der Waals surface area contributed by atoms with E-state index < -0.39 is 0 Å². The molecule has 0 fully saturated rings. The maximum Gasteiger partial charge on any atom is 0.317 e. The fraction of sp³-hybridized carbons (Fsp3) is 0.350. The Bertz CT molecular complexity index is 669. The third-order valence-electron chi connectivity index (χ3n) is 3.73. The smallest absolute Gasteiger partial charge is 0.317 e. The van der Waals surface area contributed by atoms with Crippen molar-refractivity contribution in [2.45, 2.75) is 39.6 Å². The predicted octanol–water partition coefficient (Wildman–Crippen LogP) is 4.09. The second kappa shape index (κ2) is 9.18. The fourth-order valence-corrected chi connectivity index (χ4v) is 2.26. The highest BCUT2D eigenvalue weighted by Gasteiger charge is 2.09. The van der Waals surface area contributed by atoms with Crippen LogP contribution in [0.1, 0.15) is 30.5 Å². The molecule has 0 heterocycles. The van der Waals surface area contributed by atoms with Gasteiger partial charge in [0.2, 0.25) is 0 Å². The highest BCUT2D eigenvalue weighted by Crippen LogP contribution is 2.08. The van der Waals surface area contributed by atoms with Gasteiger partial charge in [0.25, 0.3) is 0 Å². The Morgan fingerprint density at radius 3 is 2.20 bits per heavy atom. The first-order chi connectivity index (χ1) is 11.9. The summed E-state index contributed by atoms with van der Waals surface area (Å²) in [5.74, 6) is -0.280. The van der Waals surface area contributed by atoms with Crippen LogP contribution < -0.4 is 5.32 Å². The molecule has 2 aromatic carbocycles. The van der Waals surface area contributed by atoms with E-state index in [1.54, 1.807) is 24.1 Å². The van der Waals surface area contributed by atoms with Gasteiger partial charge in [-0.25, -0.2) is 9.18 Å². The van der Waals surface area contributed by atoms with Crippen LogP contribution in [0.3, 0.4) is 0 Å². The van der Waals surface area contributed by atoms with Gasteiger partial charge in [-0.1, -0.05) is 36.4 Å². The first-order valence-corrected chi connectivity index (χ1v) is 8.37. The number of urea groups is 1. The molecule has 25 heavy (non-hydrogen) atoms. The molecular formula is C20H25FN2O2. The van der Waals surface area contributed by atoms with Crippen molar-refractivity contribution in [3.05, 3.63) is 71.0 Å². The number of hydrogen-bond acceptors (Lipinski definition) is 2. The van der Waals surface area contributed by atoms with Crippen LogP contribution in [-0.2, 0) is 24.4 Å². The quantitative estimate of drug-likeness (QED) is 0.822. The van der Waals surface area contributed by atoms with Crippen LogP contribution in [0.4, 0.5) is 9.18 Å². The number of benzene rings is 2. The maximum atomic E-state index is 12.9. The zero-order chi connectivity index (χ0) is 18.2. The number of hydrogen-bond donors (Lipinski definition) is 1. The second-order valence-corrected chi connectivity index (χ2v) is 6.32. The van der Waals surface area contributed by atoms with E-state index in [0.29, 0.717) is 19.7 Å². The first kappa shape index (κ1) is 18.9. The molecule has 1 N–H and O–H groups in total. The number of carbonyl (C=O) groups is 1. The van der Waals surface area contributed by atoms with Gasteiger partial charge in [0, 0.05) is 20.1 Å². The SMILES string of the molecule is CC(C)OCc1ccc(CNC(=O)N(C)Cc2ccc(F)cc2)cc1. The lowest BCUT2D eigenvalue weighted by Gasteiger charge is -2.18. The molecule has 0 aliphatic carbocycles. The van der Waals surface area contributed by atoms with E-state index in [-0.39, 0.29) is 18.0 Å². The predicted molar refractivity (Wildman–Crippen MR) is 96.5 cm³/mol. The summed E-state index contributed by atoms with van der Waals surface area (Å²) in [6.07, 6.45) is 0.204. The first-order valence-electron chi connectivity index (χ1n) is 8.37. The van der Waals surface area contributed by atoms with Gasteiger partial charge in [-0.15, -0.1) is 0 Å². The summed E-state index contributed by atoms with van der Waals surface area (Å²) in [5, 5.41) is 2.88. The van der Waals surface area contributed by atoms with Crippen molar-refractivity contribution < 1.29 is 13.9 Å². The van der Waals surface area contributed by atoms with Gasteiger partial charge in [-0.3, -0.25) is 0 Å². The van der Waals surface area contributed by atoms with Crippen LogP contribution in [0.15, 0.2) is 48.5 Å². The molecule has 0 aliphatic heterocycles. The average molecular weight is 344 g/mol. The molecule has 2 aromatic rings. The zero-order valence-electron chi connectivity index (χ0n) is 15.0. The maximum absolute atomic E-state index is 12.9. The average Bonchev–Trinajstić information content (AvgIpc) is 2.60. The zero-order valence-corrected chi connectivity index (χ0v) is 15.0. The summed E-state index contributed by atoms with van der Waals surface area (Å²) in [6.45, 7) is 5.49. The van der Waals surface area contributed by atoms with Crippen LogP contribution in [0.2, 0.25) is 0 Å². The third-order valence-corrected chi connectivity index (χ3v) is 3.73. The Hall–Kier alpha value is -2.40. The molecule has 0 saturated heterocycles. The summed E-state index contributed by atoms with van der Waals surface area (Å²) in [6, 6.07) is 14.0. The Morgan fingerprint density at radius 1 is 1.04 bits per heavy atom. The Morgan fingerprint density at radius 2 is 1.60 bits per heavy atom. The van der Waals surface area contributed by atoms with Crippen molar-refractivity contribution >= 4 is 6.03 Å². The van der Waals surface area contributed by atoms with Gasteiger partial charge in [-0.05, 0) is 42.7 Å². The van der Waals surface area contributed by atoms with E-state index in [9.17, 15) is 9.18 Å². The van der Waals surface area contributed by atoms with Crippen LogP contribution in [-0.4, -0.2) is 24.1 Å². The number of carbonyl (C=O) groups excluding carboxylic acids is 1. The molecule has 134 valence electrons. The van der Waals surface area contributed by atoms with Gasteiger partial charge >= 0.3 is 6.03 Å². The minimum absolute atomic E-state index is 0.170. The van der Waals surface area contributed by atoms with Crippen molar-refractivity contribution in [2.75, 3.05) is 7.05 Å². The number of halogens is 1. The highest BCUT2D eigenvalue weighted by atomic mass is 19.1. The van der Waals surface area contributed by atoms with Crippen LogP contribution in [0.5, 0.6) is 0 Å². The molecule has 4 nitrogen and oxygen atoms in total. The van der Waals surface area contributed by atoms with Gasteiger partial charge in [0.15, 0.2) is 0 Å². The topological polar surface area (TPSA) is 41.6 Å². The van der Waals surface area contributed by atoms with Crippen molar-refractivity contribution in [3.8, 4) is 0 Å². The lowest BCUT2D eigenvalue weighted by atomic mass is 10.1. The molecule has 0 radical (unpaired) electrons. The van der Waals surface area contributed by atoms with Crippen molar-refractivity contribution in [2.24, 2.45) is 0 Å². The van der Waals surface area contributed by atoms with Crippen molar-refractivity contribution in [1.82, 2.24) is 10.2 Å². The van der Waals surface area contributed by atoms with Crippen LogP contribution in [0.25, 0.3) is 0 Å². The molecule has 0 aliphatic rings. The number of rotatable bonds is 7. The third kappa shape index (κ3) is 6.55. The van der Waals surface area contributed by atoms with Crippen LogP contribution in [0, 0.1) is 5.82 Å². The largest absolute Gasteiger partial charge is 0.374 e. The van der Waals surface area contributed by atoms with Gasteiger partial charge in [0.1, 0.15) is 5.82 Å². The molecule has 2 amide bonds. The van der Waals surface area contributed by atoms with E-state index in [2.05, 4.69) is 5.32 Å². The molecule has 0 unspecified atom stereocenters. The molecule has 0 bridgehead atoms. The van der Waals surface area contributed by atoms with E-state index >= 15 is 0 Å². The Kier molecular flexibility index (Phi) is 6.95. The van der Waals surface area contributed by atoms with E-state index in [0.717, 1.165) is 16.7 Å². The molecular weight excluding hydrogens is 319 g/mol. The summed E-state index contributed by atoms with van der Waals surface area (Å²) in [7, 11) is 1.71. The lowest BCUT2D eigenvalue weighted by molar-refractivity contribution is 0.0657. The number of ether oxygens (including phenoxy) is 1. The van der Waals surface area contributed by atoms with Gasteiger partial charge < -0.3 is 15.0 Å². The minimum atomic E-state index is -0.280. The van der Waals surface area contributed by atoms with E-state index in [4.69, 9.17) is 4.74 Å². The molecule has 0 spiro atoms. The standard InChI is InChI=1S/C20H25FN2O2/c1-15(2)25-14-18-6-4-16(5-7-18)12-22-20(24)23(3)13-17-8-10-19(21)11-9-17/h4-11,15H,12-14H2,1-3H3,(H,22,24). The molecule has 0 atom stereocenters. The minimum Gasteiger partial charge on any atom is -0.374 e. The van der Waals surface area contributed by atoms with Crippen molar-refractivity contribution in [3.63, 3.8) is 0 Å². The number of nitrogens with zero attached hydrogens (tertiary/aromatic N) is 1. The van der Waals surface area contributed by atoms with Crippen molar-refractivity contribution in [1.29, 1.82) is 0 Å². The summed E-state index contributed by atoms with van der Waals surface area (Å²) in [5.41, 5.74) is 3.02. The van der Waals surface area contributed by atoms with Gasteiger partial charge in [-0.2, -0.15) is 0 Å². The molecule has 5 heteroatoms. The van der Waals surface area contributed by atoms with Crippen LogP contribution >= 0.6 is 0 Å². The lowest BCUT2D eigenvalue weighted by Crippen LogP contribution is -2.36. The fourth-order valence-electron chi connectivity index (χ4n) is 2.26. The summed E-state index contributed by atoms with van der Waals surface area (Å²) >= 11 is 0. The highest BCUT2D eigenvalue weighted by molar-refractivity contribution is 5.73. The van der Waals surface area contributed by atoms with Gasteiger partial charge in [0.05, 0.1) is 12.7 Å². The number of nitrogens with one attached hydrogen (secondary N) is 1. The molecule has 0 aromatic heterocycles. The monoisotopic (exact) mass is 344 g/mol. The summed E-state index contributed by atoms with van der Waals surface area (Å²) in [4.78, 5) is 13.7. The second-order valence-electron chi connectivity index (χ2n) is 6.32. The molecule has 2 rings (SSSR count). The Labute approximate surface area is 148 Å². The molecule has 0 saturated carbocycles.